The molecule has 134 valence electrons. The van der Waals surface area contributed by atoms with Crippen LogP contribution in [0.25, 0.3) is 0 Å². The zero-order valence-corrected chi connectivity index (χ0v) is 14.9. The van der Waals surface area contributed by atoms with E-state index in [4.69, 9.17) is 0 Å². The highest BCUT2D eigenvalue weighted by Crippen LogP contribution is 2.35. The van der Waals surface area contributed by atoms with Crippen molar-refractivity contribution in [1.82, 2.24) is 14.7 Å². The summed E-state index contributed by atoms with van der Waals surface area (Å²) in [6.45, 7) is 5.30. The van der Waals surface area contributed by atoms with Crippen molar-refractivity contribution in [1.29, 1.82) is 0 Å². The van der Waals surface area contributed by atoms with Gasteiger partial charge in [0.25, 0.3) is 0 Å². The lowest BCUT2D eigenvalue weighted by molar-refractivity contribution is -0.153. The molecular weight excluding hydrogens is 314 g/mol. The highest BCUT2D eigenvalue weighted by Gasteiger charge is 2.41. The number of carboxylic acid groups (broad SMARTS) is 1. The number of benzene rings is 1. The molecule has 25 heavy (non-hydrogen) atoms. The molecule has 1 fully saturated rings. The van der Waals surface area contributed by atoms with Crippen LogP contribution >= 0.6 is 0 Å². The Morgan fingerprint density at radius 1 is 1.24 bits per heavy atom. The molecule has 0 radical (unpaired) electrons. The Bertz CT molecular complexity index is 677. The third-order valence-corrected chi connectivity index (χ3v) is 5.17. The van der Waals surface area contributed by atoms with Gasteiger partial charge in [0.1, 0.15) is 0 Å². The maximum atomic E-state index is 11.8. The Morgan fingerprint density at radius 2 is 1.96 bits per heavy atom. The first kappa shape index (κ1) is 17.7. The molecule has 1 aliphatic heterocycles. The minimum atomic E-state index is -0.631. The van der Waals surface area contributed by atoms with Crippen molar-refractivity contribution in [2.75, 3.05) is 13.1 Å². The quantitative estimate of drug-likeness (QED) is 0.838. The molecule has 2 aromatic rings. The van der Waals surface area contributed by atoms with Gasteiger partial charge in [-0.25, -0.2) is 0 Å². The first-order chi connectivity index (χ1) is 12.1. The summed E-state index contributed by atoms with van der Waals surface area (Å²) < 4.78 is 1.91. The SMILES string of the molecule is CCCC1(C(=O)O)CCCN(Cc2ccc(Cn3cccn3)cc2)C1. The molecule has 2 heterocycles. The third-order valence-electron chi connectivity index (χ3n) is 5.17. The Morgan fingerprint density at radius 3 is 2.56 bits per heavy atom. The number of hydrogen-bond donors (Lipinski definition) is 1. The molecular formula is C20H27N3O2. The van der Waals surface area contributed by atoms with Crippen molar-refractivity contribution in [3.05, 3.63) is 53.9 Å². The predicted octanol–water partition coefficient (Wildman–Crippen LogP) is 3.40. The average molecular weight is 341 g/mol. The molecule has 0 saturated carbocycles. The van der Waals surface area contributed by atoms with Crippen LogP contribution in [0.2, 0.25) is 0 Å². The van der Waals surface area contributed by atoms with Crippen molar-refractivity contribution in [3.8, 4) is 0 Å². The lowest BCUT2D eigenvalue weighted by Gasteiger charge is -2.40. The second-order valence-corrected chi connectivity index (χ2v) is 7.17. The van der Waals surface area contributed by atoms with Crippen LogP contribution in [0.3, 0.4) is 0 Å². The summed E-state index contributed by atoms with van der Waals surface area (Å²) in [4.78, 5) is 14.1. The smallest absolute Gasteiger partial charge is 0.310 e. The van der Waals surface area contributed by atoms with Gasteiger partial charge in [-0.05, 0) is 43.0 Å². The fraction of sp³-hybridized carbons (Fsp3) is 0.500. The number of nitrogens with zero attached hydrogens (tertiary/aromatic N) is 3. The fourth-order valence-electron chi connectivity index (χ4n) is 3.92. The van der Waals surface area contributed by atoms with E-state index >= 15 is 0 Å². The molecule has 1 unspecified atom stereocenters. The third kappa shape index (κ3) is 4.28. The number of aliphatic carboxylic acids is 1. The van der Waals surface area contributed by atoms with E-state index in [1.807, 2.05) is 16.9 Å². The summed E-state index contributed by atoms with van der Waals surface area (Å²) in [6.07, 6.45) is 7.19. The molecule has 5 nitrogen and oxygen atoms in total. The molecule has 1 aromatic heterocycles. The topological polar surface area (TPSA) is 58.4 Å². The monoisotopic (exact) mass is 341 g/mol. The maximum absolute atomic E-state index is 11.8. The summed E-state index contributed by atoms with van der Waals surface area (Å²) in [6, 6.07) is 10.5. The van der Waals surface area contributed by atoms with E-state index in [2.05, 4.69) is 41.2 Å². The van der Waals surface area contributed by atoms with E-state index < -0.39 is 11.4 Å². The molecule has 1 aromatic carbocycles. The molecule has 1 aliphatic rings. The summed E-state index contributed by atoms with van der Waals surface area (Å²) >= 11 is 0. The van der Waals surface area contributed by atoms with Crippen LogP contribution in [0.1, 0.15) is 43.7 Å². The standard InChI is InChI=1S/C20H27N3O2/c1-2-9-20(19(24)25)10-3-12-22(16-20)14-17-5-7-18(8-6-17)15-23-13-4-11-21-23/h4-8,11,13H,2-3,9-10,12,14-16H2,1H3,(H,24,25). The van der Waals surface area contributed by atoms with Crippen molar-refractivity contribution in [2.45, 2.75) is 45.7 Å². The van der Waals surface area contributed by atoms with Gasteiger partial charge in [-0.15, -0.1) is 0 Å². The van der Waals surface area contributed by atoms with Gasteiger partial charge in [0, 0.05) is 25.5 Å². The number of hydrogen-bond acceptors (Lipinski definition) is 3. The van der Waals surface area contributed by atoms with Crippen molar-refractivity contribution in [3.63, 3.8) is 0 Å². The largest absolute Gasteiger partial charge is 0.481 e. The van der Waals surface area contributed by atoms with E-state index in [9.17, 15) is 9.90 Å². The van der Waals surface area contributed by atoms with Crippen molar-refractivity contribution < 1.29 is 9.90 Å². The average Bonchev–Trinajstić information content (AvgIpc) is 3.10. The lowest BCUT2D eigenvalue weighted by Crippen LogP contribution is -2.47. The molecule has 1 saturated heterocycles. The number of carbonyl (C=O) groups is 1. The van der Waals surface area contributed by atoms with Gasteiger partial charge < -0.3 is 5.11 Å². The minimum Gasteiger partial charge on any atom is -0.481 e. The van der Waals surface area contributed by atoms with Crippen LogP contribution in [-0.2, 0) is 17.9 Å². The van der Waals surface area contributed by atoms with Gasteiger partial charge in [0.05, 0.1) is 12.0 Å². The first-order valence-corrected chi connectivity index (χ1v) is 9.12. The van der Waals surface area contributed by atoms with Gasteiger partial charge in [0.15, 0.2) is 0 Å². The number of aromatic nitrogens is 2. The second-order valence-electron chi connectivity index (χ2n) is 7.17. The number of carboxylic acids is 1. The molecule has 0 amide bonds. The van der Waals surface area contributed by atoms with Crippen molar-refractivity contribution >= 4 is 5.97 Å². The van der Waals surface area contributed by atoms with Crippen LogP contribution < -0.4 is 0 Å². The van der Waals surface area contributed by atoms with E-state index in [1.165, 1.54) is 11.1 Å². The minimum absolute atomic E-state index is 0.562. The molecule has 0 bridgehead atoms. The number of piperidine rings is 1. The lowest BCUT2D eigenvalue weighted by atomic mass is 9.76. The van der Waals surface area contributed by atoms with Gasteiger partial charge in [0.2, 0.25) is 0 Å². The first-order valence-electron chi connectivity index (χ1n) is 9.12. The van der Waals surface area contributed by atoms with Gasteiger partial charge in [-0.3, -0.25) is 14.4 Å². The molecule has 1 atom stereocenters. The second kappa shape index (κ2) is 7.83. The zero-order chi connectivity index (χ0) is 17.7. The van der Waals surface area contributed by atoms with Crippen molar-refractivity contribution in [2.24, 2.45) is 5.41 Å². The van der Waals surface area contributed by atoms with E-state index in [0.717, 1.165) is 45.3 Å². The van der Waals surface area contributed by atoms with Crippen LogP contribution in [0.4, 0.5) is 0 Å². The normalized spacial score (nSPS) is 21.3. The Kier molecular flexibility index (Phi) is 5.53. The van der Waals surface area contributed by atoms with Gasteiger partial charge in [-0.2, -0.15) is 5.10 Å². The van der Waals surface area contributed by atoms with Gasteiger partial charge in [-0.1, -0.05) is 37.6 Å². The summed E-state index contributed by atoms with van der Waals surface area (Å²) in [7, 11) is 0. The molecule has 1 N–H and O–H groups in total. The summed E-state index contributed by atoms with van der Waals surface area (Å²) in [5, 5.41) is 14.0. The van der Waals surface area contributed by atoms with E-state index in [1.54, 1.807) is 6.20 Å². The Hall–Kier alpha value is -2.14. The summed E-state index contributed by atoms with van der Waals surface area (Å²) in [5.41, 5.74) is 1.89. The molecule has 0 spiro atoms. The predicted molar refractivity (Wildman–Crippen MR) is 97.3 cm³/mol. The van der Waals surface area contributed by atoms with E-state index in [0.29, 0.717) is 6.54 Å². The highest BCUT2D eigenvalue weighted by molar-refractivity contribution is 5.75. The maximum Gasteiger partial charge on any atom is 0.310 e. The zero-order valence-electron chi connectivity index (χ0n) is 14.9. The van der Waals surface area contributed by atoms with Crippen LogP contribution in [0.5, 0.6) is 0 Å². The molecule has 5 heteroatoms. The number of rotatable bonds is 7. The Balaban J connectivity index is 1.62. The number of likely N-dealkylation sites (tertiary alicyclic amines) is 1. The van der Waals surface area contributed by atoms with E-state index in [-0.39, 0.29) is 0 Å². The molecule has 3 rings (SSSR count). The van der Waals surface area contributed by atoms with Gasteiger partial charge >= 0.3 is 5.97 Å². The Labute approximate surface area is 149 Å². The highest BCUT2D eigenvalue weighted by atomic mass is 16.4. The van der Waals surface area contributed by atoms with Crippen LogP contribution in [0, 0.1) is 5.41 Å². The van der Waals surface area contributed by atoms with Crippen LogP contribution in [-0.4, -0.2) is 38.8 Å². The van der Waals surface area contributed by atoms with Crippen LogP contribution in [0.15, 0.2) is 42.7 Å². The summed E-state index contributed by atoms with van der Waals surface area (Å²) in [5.74, 6) is -0.631. The molecule has 0 aliphatic carbocycles. The fourth-order valence-corrected chi connectivity index (χ4v) is 3.92.